The molecule has 1 saturated heterocycles. The van der Waals surface area contributed by atoms with Crippen LogP contribution in [0.3, 0.4) is 0 Å². The van der Waals surface area contributed by atoms with Crippen LogP contribution in [-0.2, 0) is 47.7 Å². The van der Waals surface area contributed by atoms with E-state index in [0.29, 0.717) is 16.9 Å². The third kappa shape index (κ3) is 8.77. The Morgan fingerprint density at radius 3 is 2.02 bits per heavy atom. The quantitative estimate of drug-likeness (QED) is 0.234. The van der Waals surface area contributed by atoms with Crippen LogP contribution < -0.4 is 9.47 Å². The van der Waals surface area contributed by atoms with Crippen molar-refractivity contribution in [3.63, 3.8) is 0 Å². The summed E-state index contributed by atoms with van der Waals surface area (Å²) in [6.45, 7) is 5.90. The summed E-state index contributed by atoms with van der Waals surface area (Å²) >= 11 is 0. The highest BCUT2D eigenvalue weighted by Crippen LogP contribution is 2.36. The molecule has 5 atom stereocenters. The van der Waals surface area contributed by atoms with Gasteiger partial charge in [0.25, 0.3) is 0 Å². The monoisotopic (exact) mass is 572 g/mol. The van der Waals surface area contributed by atoms with Gasteiger partial charge in [0.15, 0.2) is 12.2 Å². The van der Waals surface area contributed by atoms with E-state index < -0.39 is 60.6 Å². The Bertz CT molecular complexity index is 1270. The van der Waals surface area contributed by atoms with Crippen LogP contribution in [0.25, 0.3) is 11.1 Å². The van der Waals surface area contributed by atoms with Crippen LogP contribution in [0.5, 0.6) is 11.5 Å². The number of hydrogen-bond acceptors (Lipinski definition) is 12. The number of ether oxygens (including phenoxy) is 7. The molecule has 0 N–H and O–H groups in total. The maximum absolute atomic E-state index is 12.1. The summed E-state index contributed by atoms with van der Waals surface area (Å²) in [5.41, 5.74) is 1.20. The first kappa shape index (κ1) is 31.1. The molecule has 1 aliphatic heterocycles. The van der Waals surface area contributed by atoms with Gasteiger partial charge < -0.3 is 33.2 Å². The number of rotatable bonds is 10. The van der Waals surface area contributed by atoms with Crippen molar-refractivity contribution in [2.24, 2.45) is 0 Å². The Balaban J connectivity index is 2.04. The van der Waals surface area contributed by atoms with Crippen LogP contribution >= 0.6 is 0 Å². The second kappa shape index (κ2) is 14.3. The molecule has 1 aliphatic rings. The van der Waals surface area contributed by atoms with Gasteiger partial charge in [-0.1, -0.05) is 37.3 Å². The first-order chi connectivity index (χ1) is 19.5. The molecular weight excluding hydrogens is 540 g/mol. The van der Waals surface area contributed by atoms with E-state index in [2.05, 4.69) is 0 Å². The highest BCUT2D eigenvalue weighted by molar-refractivity contribution is 5.75. The molecule has 0 aromatic heterocycles. The van der Waals surface area contributed by atoms with E-state index >= 15 is 0 Å². The number of carbonyl (C=O) groups is 5. The van der Waals surface area contributed by atoms with Crippen molar-refractivity contribution in [1.82, 2.24) is 0 Å². The fraction of sp³-hybridized carbons (Fsp3) is 0.414. The summed E-state index contributed by atoms with van der Waals surface area (Å²) in [7, 11) is 0. The smallest absolute Gasteiger partial charge is 0.310 e. The molecule has 0 aliphatic carbocycles. The molecule has 0 amide bonds. The van der Waals surface area contributed by atoms with Crippen molar-refractivity contribution in [2.75, 3.05) is 6.61 Å². The largest absolute Gasteiger partial charge is 0.463 e. The lowest BCUT2D eigenvalue weighted by Crippen LogP contribution is -2.63. The summed E-state index contributed by atoms with van der Waals surface area (Å²) in [6.07, 6.45) is -6.43. The van der Waals surface area contributed by atoms with Gasteiger partial charge in [0.2, 0.25) is 12.4 Å². The van der Waals surface area contributed by atoms with Gasteiger partial charge in [0.1, 0.15) is 24.2 Å². The van der Waals surface area contributed by atoms with Crippen molar-refractivity contribution >= 4 is 29.8 Å². The Morgan fingerprint density at radius 2 is 1.39 bits per heavy atom. The Morgan fingerprint density at radius 1 is 0.756 bits per heavy atom. The molecule has 0 unspecified atom stereocenters. The lowest BCUT2D eigenvalue weighted by Gasteiger charge is -2.44. The number of esters is 5. The summed E-state index contributed by atoms with van der Waals surface area (Å²) in [5.74, 6) is -2.67. The topological polar surface area (TPSA) is 150 Å². The summed E-state index contributed by atoms with van der Waals surface area (Å²) in [5, 5.41) is 0. The van der Waals surface area contributed by atoms with E-state index in [-0.39, 0.29) is 18.8 Å². The fourth-order valence-electron chi connectivity index (χ4n) is 4.15. The predicted octanol–water partition coefficient (Wildman–Crippen LogP) is 3.13. The minimum atomic E-state index is -1.40. The predicted molar refractivity (Wildman–Crippen MR) is 140 cm³/mol. The zero-order chi connectivity index (χ0) is 30.1. The minimum Gasteiger partial charge on any atom is -0.463 e. The Hall–Kier alpha value is -4.45. The van der Waals surface area contributed by atoms with E-state index in [1.54, 1.807) is 55.5 Å². The first-order valence-corrected chi connectivity index (χ1v) is 12.9. The molecule has 2 aromatic carbocycles. The average molecular weight is 573 g/mol. The molecule has 12 nitrogen and oxygen atoms in total. The van der Waals surface area contributed by atoms with Crippen molar-refractivity contribution < 1.29 is 57.1 Å². The fourth-order valence-corrected chi connectivity index (χ4v) is 4.15. The zero-order valence-corrected chi connectivity index (χ0v) is 23.3. The molecule has 2 aromatic rings. The van der Waals surface area contributed by atoms with Gasteiger partial charge in [0.05, 0.1) is 0 Å². The standard InChI is InChI=1S/C29H32O12/c1-6-25(34)39-21-11-9-10-20(14-21)22-12-7-8-13-23(22)40-29-28(38-19(5)33)27(37-18(4)32)26(36-17(3)31)24(41-29)15-35-16(2)30/h7-14,24,26-29H,6,15H2,1-5H3/t24-,26-,27+,28+,29-/m1/s1. The van der Waals surface area contributed by atoms with Crippen molar-refractivity contribution in [3.05, 3.63) is 48.5 Å². The zero-order valence-electron chi connectivity index (χ0n) is 23.3. The second-order valence-electron chi connectivity index (χ2n) is 9.04. The van der Waals surface area contributed by atoms with Gasteiger partial charge in [-0.15, -0.1) is 0 Å². The van der Waals surface area contributed by atoms with E-state index in [0.717, 1.165) is 20.8 Å². The highest BCUT2D eigenvalue weighted by atomic mass is 16.7. The molecule has 0 radical (unpaired) electrons. The average Bonchev–Trinajstić information content (AvgIpc) is 2.90. The SMILES string of the molecule is CCC(=O)Oc1cccc(-c2ccccc2O[C@@H]2O[C@H](COC(C)=O)[C@@H](OC(C)=O)[C@H](OC(C)=O)[C@@H]2OC(C)=O)c1. The third-order valence-corrected chi connectivity index (χ3v) is 5.74. The molecule has 3 rings (SSSR count). The van der Waals surface area contributed by atoms with E-state index in [9.17, 15) is 24.0 Å². The minimum absolute atomic E-state index is 0.201. The van der Waals surface area contributed by atoms with E-state index in [4.69, 9.17) is 33.2 Å². The molecule has 1 fully saturated rings. The molecular formula is C29H32O12. The number of hydrogen-bond donors (Lipinski definition) is 0. The molecule has 0 bridgehead atoms. The van der Waals surface area contributed by atoms with Crippen LogP contribution in [0.1, 0.15) is 41.0 Å². The highest BCUT2D eigenvalue weighted by Gasteiger charge is 2.53. The number of carbonyl (C=O) groups excluding carboxylic acids is 5. The maximum Gasteiger partial charge on any atom is 0.310 e. The molecule has 1 heterocycles. The summed E-state index contributed by atoms with van der Waals surface area (Å²) in [4.78, 5) is 59.5. The lowest BCUT2D eigenvalue weighted by atomic mass is 9.98. The second-order valence-corrected chi connectivity index (χ2v) is 9.04. The van der Waals surface area contributed by atoms with Gasteiger partial charge in [-0.25, -0.2) is 0 Å². The van der Waals surface area contributed by atoms with Gasteiger partial charge in [-0.05, 0) is 23.8 Å². The summed E-state index contributed by atoms with van der Waals surface area (Å²) < 4.78 is 39.0. The lowest BCUT2D eigenvalue weighted by molar-refractivity contribution is -0.288. The number of benzene rings is 2. The third-order valence-electron chi connectivity index (χ3n) is 5.74. The van der Waals surface area contributed by atoms with Gasteiger partial charge >= 0.3 is 29.8 Å². The van der Waals surface area contributed by atoms with Gasteiger partial charge in [-0.2, -0.15) is 0 Å². The van der Waals surface area contributed by atoms with Crippen LogP contribution in [0.4, 0.5) is 0 Å². The van der Waals surface area contributed by atoms with Crippen molar-refractivity contribution in [2.45, 2.75) is 71.7 Å². The molecule has 12 heteroatoms. The molecule has 0 saturated carbocycles. The maximum atomic E-state index is 12.1. The molecule has 220 valence electrons. The Labute approximate surface area is 236 Å². The van der Waals surface area contributed by atoms with E-state index in [1.165, 1.54) is 6.92 Å². The van der Waals surface area contributed by atoms with Gasteiger partial charge in [-0.3, -0.25) is 24.0 Å². The first-order valence-electron chi connectivity index (χ1n) is 12.9. The van der Waals surface area contributed by atoms with Crippen LogP contribution in [-0.4, -0.2) is 67.2 Å². The van der Waals surface area contributed by atoms with Crippen LogP contribution in [0, 0.1) is 0 Å². The van der Waals surface area contributed by atoms with Crippen molar-refractivity contribution in [3.8, 4) is 22.6 Å². The summed E-state index contributed by atoms with van der Waals surface area (Å²) in [6, 6.07) is 13.6. The Kier molecular flexibility index (Phi) is 10.8. The molecule has 0 spiro atoms. The van der Waals surface area contributed by atoms with E-state index in [1.807, 2.05) is 0 Å². The number of para-hydroxylation sites is 1. The van der Waals surface area contributed by atoms with Crippen LogP contribution in [0.2, 0.25) is 0 Å². The van der Waals surface area contributed by atoms with Gasteiger partial charge in [0, 0.05) is 39.7 Å². The van der Waals surface area contributed by atoms with Crippen LogP contribution in [0.15, 0.2) is 48.5 Å². The molecule has 41 heavy (non-hydrogen) atoms. The normalized spacial score (nSPS) is 21.6. The van der Waals surface area contributed by atoms with Crippen molar-refractivity contribution in [1.29, 1.82) is 0 Å².